The Bertz CT molecular complexity index is 3240. The third-order valence-corrected chi connectivity index (χ3v) is 11.9. The largest absolute Gasteiger partial charge is 0.0622 e. The van der Waals surface area contributed by atoms with Gasteiger partial charge in [0.2, 0.25) is 0 Å². The quantitative estimate of drug-likeness (QED) is 0.149. The second-order valence-electron chi connectivity index (χ2n) is 15.2. The molecule has 0 radical (unpaired) electrons. The highest BCUT2D eigenvalue weighted by Gasteiger charge is 2.20. The van der Waals surface area contributed by atoms with Gasteiger partial charge in [0.15, 0.2) is 0 Å². The third kappa shape index (κ3) is 5.86. The van der Waals surface area contributed by atoms with Crippen molar-refractivity contribution < 1.29 is 0 Å². The highest BCUT2D eigenvalue weighted by atomic mass is 14.2. The van der Waals surface area contributed by atoms with E-state index in [-0.39, 0.29) is 0 Å². The van der Waals surface area contributed by atoms with Crippen LogP contribution >= 0.6 is 0 Å². The molecule has 0 nitrogen and oxygen atoms in total. The summed E-state index contributed by atoms with van der Waals surface area (Å²) >= 11 is 0. The van der Waals surface area contributed by atoms with Crippen molar-refractivity contribution in [2.45, 2.75) is 0 Å². The maximum Gasteiger partial charge on any atom is -0.00199 e. The average Bonchev–Trinajstić information content (AvgIpc) is 3.30. The molecule has 58 heavy (non-hydrogen) atoms. The zero-order valence-corrected chi connectivity index (χ0v) is 31.9. The Morgan fingerprint density at radius 1 is 0.172 bits per heavy atom. The first-order chi connectivity index (χ1) is 28.8. The number of hydrogen-bond donors (Lipinski definition) is 0. The molecule has 11 aromatic rings. The lowest BCUT2D eigenvalue weighted by Gasteiger charge is -2.21. The van der Waals surface area contributed by atoms with Gasteiger partial charge < -0.3 is 0 Å². The van der Waals surface area contributed by atoms with Crippen LogP contribution in [-0.2, 0) is 0 Å². The van der Waals surface area contributed by atoms with Gasteiger partial charge in [0.05, 0.1) is 0 Å². The van der Waals surface area contributed by atoms with Crippen LogP contribution in [0.15, 0.2) is 231 Å². The summed E-state index contributed by atoms with van der Waals surface area (Å²) in [7, 11) is 0. The van der Waals surface area contributed by atoms with E-state index in [4.69, 9.17) is 0 Å². The molecule has 11 rings (SSSR count). The highest BCUT2D eigenvalue weighted by molar-refractivity contribution is 6.22. The Balaban J connectivity index is 1.06. The van der Waals surface area contributed by atoms with Gasteiger partial charge in [-0.15, -0.1) is 0 Å². The number of fused-ring (bicyclic) bond motifs is 4. The summed E-state index contributed by atoms with van der Waals surface area (Å²) in [6.45, 7) is 0. The second kappa shape index (κ2) is 14.2. The van der Waals surface area contributed by atoms with Crippen molar-refractivity contribution in [2.24, 2.45) is 0 Å². The van der Waals surface area contributed by atoms with Gasteiger partial charge in [0.25, 0.3) is 0 Å². The van der Waals surface area contributed by atoms with E-state index in [2.05, 4.69) is 231 Å². The van der Waals surface area contributed by atoms with Gasteiger partial charge in [-0.2, -0.15) is 0 Å². The molecule has 0 aliphatic carbocycles. The Kier molecular flexibility index (Phi) is 8.26. The van der Waals surface area contributed by atoms with Gasteiger partial charge in [-0.1, -0.05) is 218 Å². The zero-order chi connectivity index (χ0) is 38.4. The molecule has 0 saturated carbocycles. The fourth-order valence-corrected chi connectivity index (χ4v) is 9.05. The maximum absolute atomic E-state index is 2.43. The predicted molar refractivity (Wildman–Crippen MR) is 249 cm³/mol. The molecule has 0 heteroatoms. The summed E-state index contributed by atoms with van der Waals surface area (Å²) < 4.78 is 0. The summed E-state index contributed by atoms with van der Waals surface area (Å²) in [6.07, 6.45) is 0. The van der Waals surface area contributed by atoms with E-state index in [0.29, 0.717) is 0 Å². The highest BCUT2D eigenvalue weighted by Crippen LogP contribution is 2.47. The minimum atomic E-state index is 1.19. The minimum absolute atomic E-state index is 1.19. The van der Waals surface area contributed by atoms with Crippen molar-refractivity contribution in [3.8, 4) is 66.8 Å². The van der Waals surface area contributed by atoms with Crippen LogP contribution in [0.1, 0.15) is 0 Å². The Labute approximate surface area is 339 Å². The van der Waals surface area contributed by atoms with Crippen LogP contribution in [0.3, 0.4) is 0 Å². The van der Waals surface area contributed by atoms with Crippen molar-refractivity contribution in [2.75, 3.05) is 0 Å². The number of benzene rings is 11. The van der Waals surface area contributed by atoms with Gasteiger partial charge in [-0.05, 0) is 122 Å². The van der Waals surface area contributed by atoms with E-state index in [1.807, 2.05) is 0 Å². The molecule has 0 saturated heterocycles. The van der Waals surface area contributed by atoms with Crippen LogP contribution in [0, 0.1) is 0 Å². The lowest BCUT2D eigenvalue weighted by atomic mass is 9.82. The molecule has 270 valence electrons. The normalized spacial score (nSPS) is 11.4. The van der Waals surface area contributed by atoms with Gasteiger partial charge in [-0.3, -0.25) is 0 Å². The molecule has 0 spiro atoms. The van der Waals surface area contributed by atoms with E-state index in [9.17, 15) is 0 Å². The molecule has 0 aromatic heterocycles. The predicted octanol–water partition coefficient (Wildman–Crippen LogP) is 16.3. The van der Waals surface area contributed by atoms with E-state index in [1.165, 1.54) is 110 Å². The summed E-state index contributed by atoms with van der Waals surface area (Å²) in [4.78, 5) is 0. The fourth-order valence-electron chi connectivity index (χ4n) is 9.05. The van der Waals surface area contributed by atoms with E-state index < -0.39 is 0 Å². The van der Waals surface area contributed by atoms with Crippen LogP contribution in [0.25, 0.3) is 110 Å². The van der Waals surface area contributed by atoms with Gasteiger partial charge in [0.1, 0.15) is 0 Å². The van der Waals surface area contributed by atoms with E-state index in [1.54, 1.807) is 0 Å². The second-order valence-corrected chi connectivity index (χ2v) is 15.2. The SMILES string of the molecule is c1ccc(-c2c3ccccc3c(-c3cc(-c4ccc(-c5ccc(-c6cccc7ccccc67)cc5)cc4)ccc3-c3ccc4ccccc4c3)c3ccccc23)cc1. The van der Waals surface area contributed by atoms with Crippen molar-refractivity contribution in [1.29, 1.82) is 0 Å². The molecule has 0 atom stereocenters. The van der Waals surface area contributed by atoms with Crippen LogP contribution in [0.2, 0.25) is 0 Å². The van der Waals surface area contributed by atoms with Gasteiger partial charge in [0, 0.05) is 0 Å². The first-order valence-electron chi connectivity index (χ1n) is 20.1. The van der Waals surface area contributed by atoms with Crippen molar-refractivity contribution in [3.05, 3.63) is 231 Å². The van der Waals surface area contributed by atoms with Crippen molar-refractivity contribution in [3.63, 3.8) is 0 Å². The van der Waals surface area contributed by atoms with Crippen LogP contribution < -0.4 is 0 Å². The number of hydrogen-bond acceptors (Lipinski definition) is 0. The standard InChI is InChI=1S/C58H38/c1-2-15-45(16-3-1)57-52-20-8-10-22-54(52)58(55-23-11-9-21-53(55)57)56-38-47(35-36-51(56)48-34-31-39-13-4-5-17-46(39)37-48)42-27-25-40(26-28-42)41-29-32-44(33-30-41)50-24-12-18-43-14-6-7-19-49(43)50/h1-38H. The first-order valence-corrected chi connectivity index (χ1v) is 20.1. The van der Waals surface area contributed by atoms with Crippen LogP contribution in [0.4, 0.5) is 0 Å². The topological polar surface area (TPSA) is 0 Å². The summed E-state index contributed by atoms with van der Waals surface area (Å²) in [5.74, 6) is 0. The zero-order valence-electron chi connectivity index (χ0n) is 31.9. The van der Waals surface area contributed by atoms with Gasteiger partial charge in [-0.25, -0.2) is 0 Å². The molecule has 0 aliphatic heterocycles. The molecule has 0 unspecified atom stereocenters. The average molecular weight is 735 g/mol. The molecule has 0 N–H and O–H groups in total. The van der Waals surface area contributed by atoms with E-state index in [0.717, 1.165) is 0 Å². The first kappa shape index (κ1) is 33.8. The van der Waals surface area contributed by atoms with Crippen LogP contribution in [-0.4, -0.2) is 0 Å². The summed E-state index contributed by atoms with van der Waals surface area (Å²) in [6, 6.07) is 84.6. The van der Waals surface area contributed by atoms with Gasteiger partial charge >= 0.3 is 0 Å². The summed E-state index contributed by atoms with van der Waals surface area (Å²) in [5.41, 5.74) is 14.7. The van der Waals surface area contributed by atoms with E-state index >= 15 is 0 Å². The minimum Gasteiger partial charge on any atom is -0.0622 e. The molecule has 0 bridgehead atoms. The fraction of sp³-hybridized carbons (Fsp3) is 0. The van der Waals surface area contributed by atoms with Crippen LogP contribution in [0.5, 0.6) is 0 Å². The molecule has 0 fully saturated rings. The Morgan fingerprint density at radius 3 is 1.29 bits per heavy atom. The Hall–Kier alpha value is -7.54. The molecule has 0 amide bonds. The van der Waals surface area contributed by atoms with Crippen molar-refractivity contribution in [1.82, 2.24) is 0 Å². The number of rotatable bonds is 6. The molecule has 0 heterocycles. The molecule has 11 aromatic carbocycles. The lowest BCUT2D eigenvalue weighted by Crippen LogP contribution is -1.93. The smallest absolute Gasteiger partial charge is 0.00199 e. The molecular weight excluding hydrogens is 697 g/mol. The lowest BCUT2D eigenvalue weighted by molar-refractivity contribution is 1.57. The van der Waals surface area contributed by atoms with Crippen molar-refractivity contribution >= 4 is 43.1 Å². The summed E-state index contributed by atoms with van der Waals surface area (Å²) in [5, 5.41) is 10.0. The Morgan fingerprint density at radius 2 is 0.638 bits per heavy atom. The molecular formula is C58H38. The molecule has 0 aliphatic rings. The monoisotopic (exact) mass is 734 g/mol. The maximum atomic E-state index is 2.43. The third-order valence-electron chi connectivity index (χ3n) is 11.9.